The number of nitrogens with zero attached hydrogens (tertiary/aromatic N) is 1. The Morgan fingerprint density at radius 2 is 2.08 bits per heavy atom. The third-order valence-corrected chi connectivity index (χ3v) is 5.69. The lowest BCUT2D eigenvalue weighted by Gasteiger charge is -2.26. The van der Waals surface area contributed by atoms with Crippen molar-refractivity contribution in [1.82, 2.24) is 9.55 Å². The molecule has 8 heteroatoms. The number of aromatic nitrogens is 2. The summed E-state index contributed by atoms with van der Waals surface area (Å²) in [6, 6.07) is 3.95. The molecule has 130 valence electrons. The summed E-state index contributed by atoms with van der Waals surface area (Å²) in [5.41, 5.74) is -0.551. The standard InChI is InChI=1S/C18H9ClF2N2O2S/c1-2-9-7-26-16-14(10-4-3-8(20)5-13(10)21)12(19)6-11-15(16)23(9)18(25)22-17(11)24/h1,3-6,9H,7H2,(H,22,24,25)/t9-/m1/s1. The molecule has 0 spiro atoms. The summed E-state index contributed by atoms with van der Waals surface area (Å²) in [4.78, 5) is 27.3. The van der Waals surface area contributed by atoms with Crippen LogP contribution in [0.5, 0.6) is 0 Å². The molecule has 1 atom stereocenters. The van der Waals surface area contributed by atoms with Gasteiger partial charge in [-0.25, -0.2) is 13.6 Å². The molecular formula is C18H9ClF2N2O2S. The van der Waals surface area contributed by atoms with Crippen LogP contribution in [0.4, 0.5) is 8.78 Å². The summed E-state index contributed by atoms with van der Waals surface area (Å²) < 4.78 is 29.0. The molecule has 4 nitrogen and oxygen atoms in total. The van der Waals surface area contributed by atoms with Crippen LogP contribution in [-0.4, -0.2) is 15.3 Å². The number of hydrogen-bond acceptors (Lipinski definition) is 3. The van der Waals surface area contributed by atoms with Gasteiger partial charge in [-0.05, 0) is 18.2 Å². The van der Waals surface area contributed by atoms with E-state index in [0.29, 0.717) is 21.7 Å². The normalized spacial score (nSPS) is 15.8. The second kappa shape index (κ2) is 6.01. The van der Waals surface area contributed by atoms with Crippen molar-refractivity contribution >= 4 is 34.3 Å². The van der Waals surface area contributed by atoms with E-state index in [9.17, 15) is 18.4 Å². The summed E-state index contributed by atoms with van der Waals surface area (Å²) in [6.45, 7) is 0. The number of nitrogens with one attached hydrogen (secondary N) is 1. The van der Waals surface area contributed by atoms with Gasteiger partial charge in [0, 0.05) is 27.8 Å². The third kappa shape index (κ3) is 2.37. The SMILES string of the molecule is C#C[C@@H]1CSc2c(-c3ccc(F)cc3F)c(Cl)cc3c(=O)[nH]c(=O)n1c23. The fourth-order valence-electron chi connectivity index (χ4n) is 3.10. The number of H-pyrrole nitrogens is 1. The van der Waals surface area contributed by atoms with Gasteiger partial charge in [0.15, 0.2) is 0 Å². The minimum absolute atomic E-state index is 0.0826. The summed E-state index contributed by atoms with van der Waals surface area (Å²) in [7, 11) is 0. The summed E-state index contributed by atoms with van der Waals surface area (Å²) in [5, 5.41) is 0.309. The molecule has 4 rings (SSSR count). The largest absolute Gasteiger partial charge is 0.329 e. The van der Waals surface area contributed by atoms with Crippen LogP contribution < -0.4 is 11.2 Å². The van der Waals surface area contributed by atoms with E-state index in [2.05, 4.69) is 10.9 Å². The average Bonchev–Trinajstić information content (AvgIpc) is 2.60. The van der Waals surface area contributed by atoms with Crippen LogP contribution in [0.15, 0.2) is 38.8 Å². The zero-order valence-corrected chi connectivity index (χ0v) is 14.5. The molecule has 0 aliphatic carbocycles. The molecular weight excluding hydrogens is 382 g/mol. The monoisotopic (exact) mass is 390 g/mol. The Morgan fingerprint density at radius 3 is 2.77 bits per heavy atom. The molecule has 0 amide bonds. The van der Waals surface area contributed by atoms with Gasteiger partial charge in [0.2, 0.25) is 0 Å². The molecule has 1 aromatic heterocycles. The Morgan fingerprint density at radius 1 is 1.31 bits per heavy atom. The number of terminal acetylenes is 1. The maximum Gasteiger partial charge on any atom is 0.329 e. The number of rotatable bonds is 1. The Kier molecular flexibility index (Phi) is 3.90. The summed E-state index contributed by atoms with van der Waals surface area (Å²) >= 11 is 7.62. The van der Waals surface area contributed by atoms with Crippen LogP contribution in [0.1, 0.15) is 6.04 Å². The molecule has 0 unspecified atom stereocenters. The lowest BCUT2D eigenvalue weighted by molar-refractivity contribution is 0.585. The lowest BCUT2D eigenvalue weighted by atomic mass is 10.0. The van der Waals surface area contributed by atoms with Crippen LogP contribution in [0.25, 0.3) is 22.0 Å². The van der Waals surface area contributed by atoms with Gasteiger partial charge in [0.05, 0.1) is 15.9 Å². The molecule has 1 N–H and O–H groups in total. The van der Waals surface area contributed by atoms with Gasteiger partial charge in [0.25, 0.3) is 5.56 Å². The molecule has 1 aliphatic heterocycles. The number of benzene rings is 2. The van der Waals surface area contributed by atoms with E-state index in [1.807, 2.05) is 0 Å². The zero-order valence-electron chi connectivity index (χ0n) is 13.0. The minimum atomic E-state index is -0.791. The van der Waals surface area contributed by atoms with Crippen molar-refractivity contribution in [2.45, 2.75) is 10.9 Å². The van der Waals surface area contributed by atoms with Crippen molar-refractivity contribution < 1.29 is 8.78 Å². The van der Waals surface area contributed by atoms with Crippen molar-refractivity contribution in [3.8, 4) is 23.5 Å². The maximum atomic E-state index is 14.4. The molecule has 2 heterocycles. The first-order valence-electron chi connectivity index (χ1n) is 7.47. The van der Waals surface area contributed by atoms with Gasteiger partial charge >= 0.3 is 5.69 Å². The zero-order chi connectivity index (χ0) is 18.6. The average molecular weight is 391 g/mol. The summed E-state index contributed by atoms with van der Waals surface area (Å²) in [6.07, 6.45) is 5.52. The Balaban J connectivity index is 2.20. The van der Waals surface area contributed by atoms with Gasteiger partial charge in [-0.2, -0.15) is 0 Å². The van der Waals surface area contributed by atoms with E-state index in [0.717, 1.165) is 12.1 Å². The van der Waals surface area contributed by atoms with Crippen molar-refractivity contribution in [1.29, 1.82) is 0 Å². The van der Waals surface area contributed by atoms with Crippen molar-refractivity contribution in [2.24, 2.45) is 0 Å². The van der Waals surface area contributed by atoms with E-state index in [1.165, 1.54) is 28.5 Å². The number of hydrogen-bond donors (Lipinski definition) is 1. The van der Waals surface area contributed by atoms with E-state index in [-0.39, 0.29) is 16.0 Å². The van der Waals surface area contributed by atoms with Gasteiger partial charge in [-0.1, -0.05) is 17.5 Å². The first-order chi connectivity index (χ1) is 12.4. The second-order valence-electron chi connectivity index (χ2n) is 5.71. The Bertz CT molecular complexity index is 1240. The van der Waals surface area contributed by atoms with Crippen LogP contribution in [0, 0.1) is 24.0 Å². The molecule has 0 saturated heterocycles. The predicted molar refractivity (Wildman–Crippen MR) is 97.8 cm³/mol. The molecule has 0 fully saturated rings. The van der Waals surface area contributed by atoms with Crippen LogP contribution in [0.2, 0.25) is 5.02 Å². The van der Waals surface area contributed by atoms with E-state index in [4.69, 9.17) is 18.0 Å². The smallest absolute Gasteiger partial charge is 0.277 e. The summed E-state index contributed by atoms with van der Waals surface area (Å²) in [5.74, 6) is 1.36. The quantitative estimate of drug-likeness (QED) is 0.646. The highest BCUT2D eigenvalue weighted by atomic mass is 35.5. The topological polar surface area (TPSA) is 54.9 Å². The molecule has 1 aliphatic rings. The Hall–Kier alpha value is -2.56. The molecule has 0 radical (unpaired) electrons. The maximum absolute atomic E-state index is 14.4. The van der Waals surface area contributed by atoms with Gasteiger partial charge < -0.3 is 0 Å². The van der Waals surface area contributed by atoms with Crippen LogP contribution >= 0.6 is 23.4 Å². The van der Waals surface area contributed by atoms with Crippen molar-refractivity contribution in [3.63, 3.8) is 0 Å². The number of aromatic amines is 1. The fourth-order valence-corrected chi connectivity index (χ4v) is 4.74. The second-order valence-corrected chi connectivity index (χ2v) is 7.14. The fraction of sp³-hybridized carbons (Fsp3) is 0.111. The first kappa shape index (κ1) is 16.9. The molecule has 2 aromatic carbocycles. The number of halogens is 3. The highest BCUT2D eigenvalue weighted by Gasteiger charge is 2.28. The first-order valence-corrected chi connectivity index (χ1v) is 8.84. The Labute approximate surface area is 154 Å². The van der Waals surface area contributed by atoms with Crippen molar-refractivity contribution in [3.05, 3.63) is 61.8 Å². The van der Waals surface area contributed by atoms with Crippen LogP contribution in [0.3, 0.4) is 0 Å². The molecule has 26 heavy (non-hydrogen) atoms. The van der Waals surface area contributed by atoms with Crippen LogP contribution in [-0.2, 0) is 0 Å². The molecule has 0 saturated carbocycles. The molecule has 0 bridgehead atoms. The van der Waals surface area contributed by atoms with E-state index >= 15 is 0 Å². The van der Waals surface area contributed by atoms with Gasteiger partial charge in [0.1, 0.15) is 17.7 Å². The molecule has 3 aromatic rings. The highest BCUT2D eigenvalue weighted by Crippen LogP contribution is 2.45. The van der Waals surface area contributed by atoms with E-state index < -0.39 is 28.9 Å². The van der Waals surface area contributed by atoms with Gasteiger partial charge in [-0.3, -0.25) is 14.3 Å². The van der Waals surface area contributed by atoms with Crippen molar-refractivity contribution in [2.75, 3.05) is 5.75 Å². The van der Waals surface area contributed by atoms with E-state index in [1.54, 1.807) is 0 Å². The van der Waals surface area contributed by atoms with Gasteiger partial charge in [-0.15, -0.1) is 18.2 Å². The third-order valence-electron chi connectivity index (χ3n) is 4.22. The highest BCUT2D eigenvalue weighted by molar-refractivity contribution is 7.99. The predicted octanol–water partition coefficient (Wildman–Crippen LogP) is 3.57. The minimum Gasteiger partial charge on any atom is -0.277 e. The number of thioether (sulfide) groups is 1. The lowest BCUT2D eigenvalue weighted by Crippen LogP contribution is -2.35.